The number of aliphatic hydroxyl groups is 2. The molecule has 0 atom stereocenters. The van der Waals surface area contributed by atoms with E-state index in [2.05, 4.69) is 0 Å². The number of hydrogen-bond donors (Lipinski definition) is 2. The van der Waals surface area contributed by atoms with Gasteiger partial charge in [0.1, 0.15) is 0 Å². The molecule has 2 N–H and O–H groups in total. The van der Waals surface area contributed by atoms with Crippen LogP contribution in [0.25, 0.3) is 0 Å². The average Bonchev–Trinajstić information content (AvgIpc) is 2.36. The Morgan fingerprint density at radius 3 is 1.39 bits per heavy atom. The normalized spacial score (nSPS) is 10.2. The van der Waals surface area contributed by atoms with Gasteiger partial charge in [0, 0.05) is 26.2 Å². The summed E-state index contributed by atoms with van der Waals surface area (Å²) in [6, 6.07) is 0. The molecule has 0 rings (SSSR count). The molecule has 0 aliphatic rings. The van der Waals surface area contributed by atoms with E-state index in [9.17, 15) is 9.59 Å². The Morgan fingerprint density at radius 1 is 0.778 bits per heavy atom. The van der Waals surface area contributed by atoms with Gasteiger partial charge in [0.25, 0.3) is 0 Å². The molecule has 18 heavy (non-hydrogen) atoms. The molecular weight excluding hydrogens is 236 g/mol. The lowest BCUT2D eigenvalue weighted by molar-refractivity contribution is -0.152. The molecule has 0 aromatic rings. The molecule has 0 radical (unpaired) electrons. The van der Waals surface area contributed by atoms with Crippen LogP contribution >= 0.6 is 0 Å². The van der Waals surface area contributed by atoms with Crippen LogP contribution in [0.2, 0.25) is 0 Å². The summed E-state index contributed by atoms with van der Waals surface area (Å²) in [6.07, 6.45) is 1.58. The fourth-order valence-corrected chi connectivity index (χ4v) is 1.68. The molecule has 0 spiro atoms. The fourth-order valence-electron chi connectivity index (χ4n) is 1.68. The van der Waals surface area contributed by atoms with Gasteiger partial charge >= 0.3 is 11.8 Å². The molecule has 0 heterocycles. The second kappa shape index (κ2) is 9.85. The lowest BCUT2D eigenvalue weighted by atomic mass is 10.3. The molecule has 0 aromatic heterocycles. The molecule has 0 aromatic carbocycles. The maximum absolute atomic E-state index is 12.0. The van der Waals surface area contributed by atoms with Crippen LogP contribution in [0.4, 0.5) is 0 Å². The van der Waals surface area contributed by atoms with Gasteiger partial charge in [-0.15, -0.1) is 0 Å². The smallest absolute Gasteiger partial charge is 0.312 e. The molecule has 6 heteroatoms. The van der Waals surface area contributed by atoms with E-state index in [4.69, 9.17) is 10.2 Å². The highest BCUT2D eigenvalue weighted by Crippen LogP contribution is 2.00. The Balaban J connectivity index is 4.63. The zero-order valence-electron chi connectivity index (χ0n) is 11.3. The summed E-state index contributed by atoms with van der Waals surface area (Å²) < 4.78 is 0. The molecule has 0 aliphatic carbocycles. The monoisotopic (exact) mass is 260 g/mol. The Labute approximate surface area is 108 Å². The van der Waals surface area contributed by atoms with Gasteiger partial charge < -0.3 is 20.0 Å². The predicted octanol–water partition coefficient (Wildman–Crippen LogP) is -0.552. The van der Waals surface area contributed by atoms with E-state index in [0.717, 1.165) is 12.8 Å². The molecule has 0 bridgehead atoms. The summed E-state index contributed by atoms with van der Waals surface area (Å²) >= 11 is 0. The number of hydrogen-bond acceptors (Lipinski definition) is 4. The van der Waals surface area contributed by atoms with Crippen molar-refractivity contribution in [2.75, 3.05) is 39.4 Å². The predicted molar refractivity (Wildman–Crippen MR) is 67.9 cm³/mol. The minimum Gasteiger partial charge on any atom is -0.395 e. The zero-order valence-corrected chi connectivity index (χ0v) is 11.3. The Kier molecular flexibility index (Phi) is 9.22. The van der Waals surface area contributed by atoms with Gasteiger partial charge in [0.15, 0.2) is 0 Å². The number of nitrogens with zero attached hydrogens (tertiary/aromatic N) is 2. The first-order valence-corrected chi connectivity index (χ1v) is 6.42. The lowest BCUT2D eigenvalue weighted by Gasteiger charge is -2.25. The van der Waals surface area contributed by atoms with Gasteiger partial charge in [-0.05, 0) is 12.8 Å². The van der Waals surface area contributed by atoms with Gasteiger partial charge in [0.05, 0.1) is 13.2 Å². The van der Waals surface area contributed by atoms with Crippen LogP contribution in [0, 0.1) is 0 Å². The van der Waals surface area contributed by atoms with Crippen LogP contribution in [0.15, 0.2) is 0 Å². The van der Waals surface area contributed by atoms with Crippen LogP contribution in [0.3, 0.4) is 0 Å². The van der Waals surface area contributed by atoms with Crippen molar-refractivity contribution in [1.29, 1.82) is 0 Å². The molecular formula is C12H24N2O4. The Hall–Kier alpha value is -1.14. The first-order chi connectivity index (χ1) is 8.62. The van der Waals surface area contributed by atoms with E-state index in [0.29, 0.717) is 13.1 Å². The first kappa shape index (κ1) is 16.9. The van der Waals surface area contributed by atoms with Crippen molar-refractivity contribution in [3.05, 3.63) is 0 Å². The fraction of sp³-hybridized carbons (Fsp3) is 0.833. The van der Waals surface area contributed by atoms with E-state index < -0.39 is 11.8 Å². The highest BCUT2D eigenvalue weighted by Gasteiger charge is 2.25. The quantitative estimate of drug-likeness (QED) is 0.574. The average molecular weight is 260 g/mol. The standard InChI is InChI=1S/C12H24N2O4/c1-3-5-13(6-4-2)11(17)12(18)14(7-9-15)8-10-16/h15-16H,3-10H2,1-2H3. The van der Waals surface area contributed by atoms with Crippen molar-refractivity contribution in [2.24, 2.45) is 0 Å². The number of amides is 2. The molecule has 0 unspecified atom stereocenters. The first-order valence-electron chi connectivity index (χ1n) is 6.42. The van der Waals surface area contributed by atoms with Gasteiger partial charge in [-0.3, -0.25) is 9.59 Å². The molecule has 0 saturated carbocycles. The third-order valence-corrected chi connectivity index (χ3v) is 2.48. The van der Waals surface area contributed by atoms with Gasteiger partial charge in [-0.25, -0.2) is 0 Å². The van der Waals surface area contributed by atoms with Crippen LogP contribution in [-0.2, 0) is 9.59 Å². The molecule has 2 amide bonds. The van der Waals surface area contributed by atoms with Crippen molar-refractivity contribution >= 4 is 11.8 Å². The summed E-state index contributed by atoms with van der Waals surface area (Å²) in [5.41, 5.74) is 0. The number of carbonyl (C=O) groups is 2. The van der Waals surface area contributed by atoms with Crippen LogP contribution < -0.4 is 0 Å². The molecule has 0 fully saturated rings. The SMILES string of the molecule is CCCN(CCC)C(=O)C(=O)N(CCO)CCO. The highest BCUT2D eigenvalue weighted by atomic mass is 16.3. The molecule has 0 aliphatic heterocycles. The van der Waals surface area contributed by atoms with Crippen LogP contribution in [0.1, 0.15) is 26.7 Å². The van der Waals surface area contributed by atoms with E-state index in [1.54, 1.807) is 0 Å². The van der Waals surface area contributed by atoms with E-state index in [1.165, 1.54) is 9.80 Å². The zero-order chi connectivity index (χ0) is 14.0. The molecule has 6 nitrogen and oxygen atoms in total. The maximum Gasteiger partial charge on any atom is 0.312 e. The Morgan fingerprint density at radius 2 is 1.11 bits per heavy atom. The number of carbonyl (C=O) groups excluding carboxylic acids is 2. The van der Waals surface area contributed by atoms with Crippen LogP contribution in [-0.4, -0.2) is 71.2 Å². The van der Waals surface area contributed by atoms with Crippen molar-refractivity contribution in [3.8, 4) is 0 Å². The van der Waals surface area contributed by atoms with Crippen molar-refractivity contribution in [3.63, 3.8) is 0 Å². The van der Waals surface area contributed by atoms with Gasteiger partial charge in [-0.1, -0.05) is 13.8 Å². The largest absolute Gasteiger partial charge is 0.395 e. The summed E-state index contributed by atoms with van der Waals surface area (Å²) in [7, 11) is 0. The van der Waals surface area contributed by atoms with E-state index >= 15 is 0 Å². The van der Waals surface area contributed by atoms with Crippen molar-refractivity contribution in [2.45, 2.75) is 26.7 Å². The summed E-state index contributed by atoms with van der Waals surface area (Å²) in [5, 5.41) is 17.7. The second-order valence-electron chi connectivity index (χ2n) is 4.03. The highest BCUT2D eigenvalue weighted by molar-refractivity contribution is 6.34. The second-order valence-corrected chi connectivity index (χ2v) is 4.03. The van der Waals surface area contributed by atoms with E-state index in [1.807, 2.05) is 13.8 Å². The lowest BCUT2D eigenvalue weighted by Crippen LogP contribution is -2.47. The third kappa shape index (κ3) is 5.46. The Bertz CT molecular complexity index is 220. The van der Waals surface area contributed by atoms with Crippen molar-refractivity contribution < 1.29 is 19.8 Å². The minimum atomic E-state index is -0.653. The third-order valence-electron chi connectivity index (χ3n) is 2.48. The van der Waals surface area contributed by atoms with Gasteiger partial charge in [0.2, 0.25) is 0 Å². The van der Waals surface area contributed by atoms with Gasteiger partial charge in [-0.2, -0.15) is 0 Å². The molecule has 106 valence electrons. The molecule has 0 saturated heterocycles. The summed E-state index contributed by atoms with van der Waals surface area (Å²) in [4.78, 5) is 26.6. The minimum absolute atomic E-state index is 0.0667. The van der Waals surface area contributed by atoms with Crippen LogP contribution in [0.5, 0.6) is 0 Å². The number of rotatable bonds is 8. The van der Waals surface area contributed by atoms with E-state index in [-0.39, 0.29) is 26.3 Å². The number of aliphatic hydroxyl groups excluding tert-OH is 2. The van der Waals surface area contributed by atoms with Crippen molar-refractivity contribution in [1.82, 2.24) is 9.80 Å². The maximum atomic E-state index is 12.0. The summed E-state index contributed by atoms with van der Waals surface area (Å²) in [5.74, 6) is -1.21. The summed E-state index contributed by atoms with van der Waals surface area (Å²) in [6.45, 7) is 4.67. The topological polar surface area (TPSA) is 81.1 Å².